The van der Waals surface area contributed by atoms with Crippen LogP contribution in [0.3, 0.4) is 0 Å². The molecule has 0 spiro atoms. The van der Waals surface area contributed by atoms with Crippen LogP contribution in [0, 0.1) is 10.1 Å². The molecule has 1 rings (SSSR count). The molecule has 0 aliphatic carbocycles. The van der Waals surface area contributed by atoms with E-state index >= 15 is 0 Å². The number of amides is 1. The number of hydrogen-bond acceptors (Lipinski definition) is 6. The number of carbonyl (C=O) groups excluding carboxylic acids is 1. The van der Waals surface area contributed by atoms with E-state index in [0.717, 1.165) is 0 Å². The van der Waals surface area contributed by atoms with E-state index < -0.39 is 28.6 Å². The number of alkyl carbamates (subject to hydrolysis) is 1. The summed E-state index contributed by atoms with van der Waals surface area (Å²) in [7, 11) is 0. The first-order valence-electron chi connectivity index (χ1n) is 6.90. The Morgan fingerprint density at radius 2 is 2.04 bits per heavy atom. The van der Waals surface area contributed by atoms with E-state index in [9.17, 15) is 19.7 Å². The molecule has 24 heavy (non-hydrogen) atoms. The highest BCUT2D eigenvalue weighted by molar-refractivity contribution is 6.33. The molecular formula is C14H18ClN3O6. The molecule has 132 valence electrons. The maximum absolute atomic E-state index is 11.7. The van der Waals surface area contributed by atoms with Crippen molar-refractivity contribution in [3.05, 3.63) is 33.3 Å². The van der Waals surface area contributed by atoms with Crippen molar-refractivity contribution in [3.8, 4) is 0 Å². The summed E-state index contributed by atoms with van der Waals surface area (Å²) in [5.41, 5.74) is -1.11. The minimum atomic E-state index is -1.35. The van der Waals surface area contributed by atoms with Crippen LogP contribution >= 0.6 is 11.6 Å². The van der Waals surface area contributed by atoms with Crippen molar-refractivity contribution in [2.24, 2.45) is 0 Å². The zero-order valence-electron chi connectivity index (χ0n) is 13.3. The first-order valence-corrected chi connectivity index (χ1v) is 7.28. The van der Waals surface area contributed by atoms with Crippen molar-refractivity contribution in [1.29, 1.82) is 0 Å². The number of carbonyl (C=O) groups is 2. The molecule has 0 saturated carbocycles. The van der Waals surface area contributed by atoms with Crippen LogP contribution in [0.4, 0.5) is 16.2 Å². The Kier molecular flexibility index (Phi) is 6.35. The number of carboxylic acid groups (broad SMARTS) is 1. The highest BCUT2D eigenvalue weighted by Gasteiger charge is 2.25. The van der Waals surface area contributed by atoms with E-state index in [1.807, 2.05) is 0 Å². The van der Waals surface area contributed by atoms with Gasteiger partial charge in [-0.3, -0.25) is 10.1 Å². The third kappa shape index (κ3) is 5.92. The Hall–Kier alpha value is -2.55. The Morgan fingerprint density at radius 1 is 1.42 bits per heavy atom. The average Bonchev–Trinajstić information content (AvgIpc) is 2.40. The summed E-state index contributed by atoms with van der Waals surface area (Å²) in [5, 5.41) is 24.9. The van der Waals surface area contributed by atoms with Crippen LogP contribution in [0.1, 0.15) is 20.8 Å². The summed E-state index contributed by atoms with van der Waals surface area (Å²) in [6.45, 7) is 4.61. The zero-order chi connectivity index (χ0) is 18.5. The van der Waals surface area contributed by atoms with Gasteiger partial charge in [-0.1, -0.05) is 17.7 Å². The van der Waals surface area contributed by atoms with Crippen LogP contribution in [-0.2, 0) is 9.53 Å². The van der Waals surface area contributed by atoms with E-state index in [4.69, 9.17) is 21.4 Å². The fraction of sp³-hybridized carbons (Fsp3) is 0.429. The number of para-hydroxylation sites is 1. The molecular weight excluding hydrogens is 342 g/mol. The number of nitrogens with zero attached hydrogens (tertiary/aromatic N) is 1. The summed E-state index contributed by atoms with van der Waals surface area (Å²) < 4.78 is 4.98. The van der Waals surface area contributed by atoms with Crippen LogP contribution < -0.4 is 10.6 Å². The van der Waals surface area contributed by atoms with Crippen LogP contribution in [-0.4, -0.2) is 40.3 Å². The molecule has 0 fully saturated rings. The number of nitro groups is 1. The number of carboxylic acids is 1. The maximum Gasteiger partial charge on any atom is 0.408 e. The molecule has 0 heterocycles. The Morgan fingerprint density at radius 3 is 2.54 bits per heavy atom. The Labute approximate surface area is 143 Å². The van der Waals surface area contributed by atoms with Crippen molar-refractivity contribution in [2.45, 2.75) is 32.4 Å². The van der Waals surface area contributed by atoms with Gasteiger partial charge in [-0.15, -0.1) is 0 Å². The van der Waals surface area contributed by atoms with Crippen molar-refractivity contribution in [2.75, 3.05) is 11.9 Å². The minimum absolute atomic E-state index is 0.0461. The third-order valence-electron chi connectivity index (χ3n) is 2.66. The standard InChI is InChI=1S/C14H18ClN3O6/c1-14(2,3)24-13(21)17-10(12(19)20)7-16-9-6-4-5-8(15)11(9)18(22)23/h4-6,10,16H,7H2,1-3H3,(H,17,21)(H,19,20)/t10-/m0/s1. The monoisotopic (exact) mass is 359 g/mol. The molecule has 0 unspecified atom stereocenters. The highest BCUT2D eigenvalue weighted by atomic mass is 35.5. The molecule has 9 nitrogen and oxygen atoms in total. The predicted octanol–water partition coefficient (Wildman–Crippen LogP) is 2.64. The van der Waals surface area contributed by atoms with E-state index in [1.54, 1.807) is 20.8 Å². The summed E-state index contributed by atoms with van der Waals surface area (Å²) in [6.07, 6.45) is -0.905. The van der Waals surface area contributed by atoms with Gasteiger partial charge >= 0.3 is 17.7 Å². The lowest BCUT2D eigenvalue weighted by molar-refractivity contribution is -0.383. The van der Waals surface area contributed by atoms with Crippen LogP contribution in [0.5, 0.6) is 0 Å². The SMILES string of the molecule is CC(C)(C)OC(=O)N[C@@H](CNc1cccc(Cl)c1[N+](=O)[O-])C(=O)O. The van der Waals surface area contributed by atoms with Crippen molar-refractivity contribution < 1.29 is 24.4 Å². The number of ether oxygens (including phenoxy) is 1. The highest BCUT2D eigenvalue weighted by Crippen LogP contribution is 2.32. The van der Waals surface area contributed by atoms with Crippen LogP contribution in [0.15, 0.2) is 18.2 Å². The average molecular weight is 360 g/mol. The molecule has 1 aromatic rings. The first-order chi connectivity index (χ1) is 11.0. The number of halogens is 1. The van der Waals surface area contributed by atoms with Gasteiger partial charge in [-0.2, -0.15) is 0 Å². The van der Waals surface area contributed by atoms with E-state index in [2.05, 4.69) is 10.6 Å². The lowest BCUT2D eigenvalue weighted by Crippen LogP contribution is -2.47. The number of nitro benzene ring substituents is 1. The molecule has 3 N–H and O–H groups in total. The maximum atomic E-state index is 11.7. The molecule has 0 aromatic heterocycles. The minimum Gasteiger partial charge on any atom is -0.480 e. The zero-order valence-corrected chi connectivity index (χ0v) is 14.1. The molecule has 10 heteroatoms. The Bertz CT molecular complexity index is 644. The second-order valence-corrected chi connectivity index (χ2v) is 6.22. The largest absolute Gasteiger partial charge is 0.480 e. The van der Waals surface area contributed by atoms with Gasteiger partial charge in [0.25, 0.3) is 0 Å². The number of rotatable bonds is 6. The summed E-state index contributed by atoms with van der Waals surface area (Å²) in [6, 6.07) is 2.86. The van der Waals surface area contributed by atoms with Gasteiger partial charge in [0.15, 0.2) is 0 Å². The van der Waals surface area contributed by atoms with E-state index in [-0.39, 0.29) is 22.9 Å². The van der Waals surface area contributed by atoms with Gasteiger partial charge in [0, 0.05) is 6.54 Å². The van der Waals surface area contributed by atoms with Gasteiger partial charge in [-0.05, 0) is 32.9 Å². The van der Waals surface area contributed by atoms with Gasteiger partial charge < -0.3 is 20.5 Å². The van der Waals surface area contributed by atoms with Gasteiger partial charge in [0.05, 0.1) is 4.92 Å². The topological polar surface area (TPSA) is 131 Å². The number of hydrogen-bond donors (Lipinski definition) is 3. The molecule has 0 aliphatic heterocycles. The van der Waals surface area contributed by atoms with Crippen LogP contribution in [0.2, 0.25) is 5.02 Å². The number of nitrogens with one attached hydrogen (secondary N) is 2. The van der Waals surface area contributed by atoms with Crippen molar-refractivity contribution in [3.63, 3.8) is 0 Å². The predicted molar refractivity (Wildman–Crippen MR) is 87.4 cm³/mol. The number of anilines is 1. The summed E-state index contributed by atoms with van der Waals surface area (Å²) in [5.74, 6) is -1.32. The molecule has 0 radical (unpaired) electrons. The molecule has 1 atom stereocenters. The summed E-state index contributed by atoms with van der Waals surface area (Å²) in [4.78, 5) is 33.2. The fourth-order valence-electron chi connectivity index (χ4n) is 1.71. The van der Waals surface area contributed by atoms with E-state index in [0.29, 0.717) is 0 Å². The van der Waals surface area contributed by atoms with Crippen molar-refractivity contribution >= 4 is 35.0 Å². The number of benzene rings is 1. The second-order valence-electron chi connectivity index (χ2n) is 5.81. The van der Waals surface area contributed by atoms with Gasteiger partial charge in [0.2, 0.25) is 0 Å². The fourth-order valence-corrected chi connectivity index (χ4v) is 1.95. The molecule has 0 aliphatic rings. The summed E-state index contributed by atoms with van der Waals surface area (Å²) >= 11 is 5.77. The first kappa shape index (κ1) is 19.5. The lowest BCUT2D eigenvalue weighted by Gasteiger charge is -2.22. The van der Waals surface area contributed by atoms with Gasteiger partial charge in [0.1, 0.15) is 22.4 Å². The lowest BCUT2D eigenvalue weighted by atomic mass is 10.2. The van der Waals surface area contributed by atoms with E-state index in [1.165, 1.54) is 18.2 Å². The molecule has 1 aromatic carbocycles. The third-order valence-corrected chi connectivity index (χ3v) is 2.96. The van der Waals surface area contributed by atoms with Crippen molar-refractivity contribution in [1.82, 2.24) is 5.32 Å². The normalized spacial score (nSPS) is 12.2. The Balaban J connectivity index is 2.82. The number of aliphatic carboxylic acids is 1. The molecule has 0 bridgehead atoms. The molecule has 1 amide bonds. The smallest absolute Gasteiger partial charge is 0.408 e. The van der Waals surface area contributed by atoms with Gasteiger partial charge in [-0.25, -0.2) is 9.59 Å². The molecule has 0 saturated heterocycles. The second kappa shape index (κ2) is 7.82. The quantitative estimate of drug-likeness (QED) is 0.525. The van der Waals surface area contributed by atoms with Crippen LogP contribution in [0.25, 0.3) is 0 Å².